The maximum absolute atomic E-state index is 13.5. The van der Waals surface area contributed by atoms with Gasteiger partial charge in [-0.2, -0.15) is 0 Å². The highest BCUT2D eigenvalue weighted by molar-refractivity contribution is 5.99. The van der Waals surface area contributed by atoms with Crippen LogP contribution in [0.2, 0.25) is 0 Å². The van der Waals surface area contributed by atoms with Crippen molar-refractivity contribution in [2.45, 2.75) is 13.0 Å². The topological polar surface area (TPSA) is 51.7 Å². The maximum Gasteiger partial charge on any atom is 0.261 e. The summed E-state index contributed by atoms with van der Waals surface area (Å²) in [4.78, 5) is 19.6. The Morgan fingerprint density at radius 1 is 0.893 bits per heavy atom. The van der Waals surface area contributed by atoms with Crippen molar-refractivity contribution >= 4 is 5.91 Å². The van der Waals surface area contributed by atoms with E-state index in [4.69, 9.17) is 9.47 Å². The zero-order valence-corrected chi connectivity index (χ0v) is 16.2. The fourth-order valence-corrected chi connectivity index (χ4v) is 3.07. The molecule has 1 amide bonds. The van der Waals surface area contributed by atoms with Crippen molar-refractivity contribution in [2.24, 2.45) is 0 Å². The molecular formula is C23H24N2O3. The lowest BCUT2D eigenvalue weighted by atomic mass is 10.1. The van der Waals surface area contributed by atoms with Crippen LogP contribution in [0.5, 0.6) is 11.5 Å². The van der Waals surface area contributed by atoms with Crippen LogP contribution in [0.15, 0.2) is 72.9 Å². The van der Waals surface area contributed by atoms with Crippen molar-refractivity contribution in [3.8, 4) is 11.5 Å². The summed E-state index contributed by atoms with van der Waals surface area (Å²) in [5.41, 5.74) is 2.43. The molecule has 0 saturated carbocycles. The quantitative estimate of drug-likeness (QED) is 0.597. The largest absolute Gasteiger partial charge is 0.496 e. The first kappa shape index (κ1) is 19.4. The minimum absolute atomic E-state index is 0.143. The third-order valence-corrected chi connectivity index (χ3v) is 4.52. The van der Waals surface area contributed by atoms with Crippen molar-refractivity contribution in [1.82, 2.24) is 9.88 Å². The molecule has 3 aromatic rings. The van der Waals surface area contributed by atoms with E-state index in [0.717, 1.165) is 12.1 Å². The average Bonchev–Trinajstić information content (AvgIpc) is 2.76. The van der Waals surface area contributed by atoms with Crippen LogP contribution in [0.25, 0.3) is 0 Å². The molecule has 0 radical (unpaired) electrons. The Balaban J connectivity index is 1.90. The lowest BCUT2D eigenvalue weighted by Crippen LogP contribution is -2.33. The maximum atomic E-state index is 13.5. The van der Waals surface area contributed by atoms with E-state index < -0.39 is 0 Å². The van der Waals surface area contributed by atoms with Gasteiger partial charge in [-0.15, -0.1) is 0 Å². The number of carbonyl (C=O) groups is 1. The number of aromatic nitrogens is 1. The molecule has 1 heterocycles. The van der Waals surface area contributed by atoms with Crippen LogP contribution >= 0.6 is 0 Å². The molecular weight excluding hydrogens is 352 g/mol. The lowest BCUT2D eigenvalue weighted by molar-refractivity contribution is 0.0736. The fourth-order valence-electron chi connectivity index (χ4n) is 3.07. The van der Waals surface area contributed by atoms with Crippen LogP contribution in [-0.4, -0.2) is 36.6 Å². The summed E-state index contributed by atoms with van der Waals surface area (Å²) in [6.45, 7) is 0.967. The van der Waals surface area contributed by atoms with Gasteiger partial charge in [0.1, 0.15) is 17.1 Å². The number of hydrogen-bond acceptors (Lipinski definition) is 4. The molecule has 0 aliphatic heterocycles. The molecule has 0 fully saturated rings. The third kappa shape index (κ3) is 4.68. The van der Waals surface area contributed by atoms with Crippen molar-refractivity contribution in [3.63, 3.8) is 0 Å². The first-order chi connectivity index (χ1) is 13.7. The van der Waals surface area contributed by atoms with Gasteiger partial charge >= 0.3 is 0 Å². The zero-order valence-electron chi connectivity index (χ0n) is 16.2. The second kappa shape index (κ2) is 9.55. The van der Waals surface area contributed by atoms with Crippen molar-refractivity contribution in [1.29, 1.82) is 0 Å². The SMILES string of the molecule is COc1cccc(OC)c1C(=O)N(CCc1ccccc1)Cc1ccccn1. The van der Waals surface area contributed by atoms with Gasteiger partial charge in [0, 0.05) is 12.7 Å². The summed E-state index contributed by atoms with van der Waals surface area (Å²) < 4.78 is 10.9. The number of hydrogen-bond donors (Lipinski definition) is 0. The summed E-state index contributed by atoms with van der Waals surface area (Å²) in [6, 6.07) is 21.2. The standard InChI is InChI=1S/C23H24N2O3/c1-27-20-12-8-13-21(28-2)22(20)23(26)25(17-19-11-6-7-15-24-19)16-14-18-9-4-3-5-10-18/h3-13,15H,14,16-17H2,1-2H3. The van der Waals surface area contributed by atoms with Crippen LogP contribution in [0.4, 0.5) is 0 Å². The molecule has 2 aromatic carbocycles. The molecule has 1 aromatic heterocycles. The first-order valence-electron chi connectivity index (χ1n) is 9.17. The van der Waals surface area contributed by atoms with Crippen molar-refractivity contribution in [2.75, 3.05) is 20.8 Å². The van der Waals surface area contributed by atoms with Crippen LogP contribution in [-0.2, 0) is 13.0 Å². The average molecular weight is 376 g/mol. The molecule has 5 nitrogen and oxygen atoms in total. The van der Waals surface area contributed by atoms with E-state index in [9.17, 15) is 4.79 Å². The number of rotatable bonds is 8. The Hall–Kier alpha value is -3.34. The molecule has 144 valence electrons. The molecule has 0 aliphatic rings. The summed E-state index contributed by atoms with van der Waals surface area (Å²) in [5, 5.41) is 0. The van der Waals surface area contributed by atoms with Gasteiger partial charge in [-0.1, -0.05) is 42.5 Å². The number of carbonyl (C=O) groups excluding carboxylic acids is 1. The third-order valence-electron chi connectivity index (χ3n) is 4.52. The van der Waals surface area contributed by atoms with Gasteiger partial charge in [-0.3, -0.25) is 9.78 Å². The second-order valence-corrected chi connectivity index (χ2v) is 6.32. The van der Waals surface area contributed by atoms with E-state index in [0.29, 0.717) is 30.2 Å². The minimum atomic E-state index is -0.143. The van der Waals surface area contributed by atoms with E-state index in [-0.39, 0.29) is 5.91 Å². The summed E-state index contributed by atoms with van der Waals surface area (Å²) >= 11 is 0. The van der Waals surface area contributed by atoms with Crippen LogP contribution < -0.4 is 9.47 Å². The Kier molecular flexibility index (Phi) is 6.63. The molecule has 0 saturated heterocycles. The van der Waals surface area contributed by atoms with E-state index in [1.807, 2.05) is 42.5 Å². The minimum Gasteiger partial charge on any atom is -0.496 e. The molecule has 0 aliphatic carbocycles. The fraction of sp³-hybridized carbons (Fsp3) is 0.217. The monoisotopic (exact) mass is 376 g/mol. The molecule has 0 N–H and O–H groups in total. The van der Waals surface area contributed by atoms with Gasteiger partial charge in [0.05, 0.1) is 26.5 Å². The molecule has 0 atom stereocenters. The van der Waals surface area contributed by atoms with Gasteiger partial charge in [0.2, 0.25) is 0 Å². The number of amides is 1. The molecule has 5 heteroatoms. The highest BCUT2D eigenvalue weighted by Crippen LogP contribution is 2.30. The number of ether oxygens (including phenoxy) is 2. The highest BCUT2D eigenvalue weighted by atomic mass is 16.5. The van der Waals surface area contributed by atoms with E-state index in [2.05, 4.69) is 17.1 Å². The van der Waals surface area contributed by atoms with Crippen molar-refractivity contribution in [3.05, 3.63) is 89.7 Å². The Morgan fingerprint density at radius 2 is 1.57 bits per heavy atom. The Labute approximate surface area is 165 Å². The molecule has 0 unspecified atom stereocenters. The molecule has 0 spiro atoms. The second-order valence-electron chi connectivity index (χ2n) is 6.32. The number of methoxy groups -OCH3 is 2. The van der Waals surface area contributed by atoms with Gasteiger partial charge < -0.3 is 14.4 Å². The van der Waals surface area contributed by atoms with Gasteiger partial charge in [-0.25, -0.2) is 0 Å². The molecule has 28 heavy (non-hydrogen) atoms. The van der Waals surface area contributed by atoms with Crippen LogP contribution in [0.1, 0.15) is 21.6 Å². The van der Waals surface area contributed by atoms with Gasteiger partial charge in [0.15, 0.2) is 0 Å². The lowest BCUT2D eigenvalue weighted by Gasteiger charge is -2.24. The Bertz CT molecular complexity index is 876. The first-order valence-corrected chi connectivity index (χ1v) is 9.17. The van der Waals surface area contributed by atoms with E-state index in [1.54, 1.807) is 37.4 Å². The summed E-state index contributed by atoms with van der Waals surface area (Å²) in [7, 11) is 3.11. The summed E-state index contributed by atoms with van der Waals surface area (Å²) in [5.74, 6) is 0.848. The van der Waals surface area contributed by atoms with Crippen LogP contribution in [0.3, 0.4) is 0 Å². The normalized spacial score (nSPS) is 10.4. The molecule has 0 bridgehead atoms. The smallest absolute Gasteiger partial charge is 0.261 e. The van der Waals surface area contributed by atoms with Crippen molar-refractivity contribution < 1.29 is 14.3 Å². The molecule has 3 rings (SSSR count). The summed E-state index contributed by atoms with van der Waals surface area (Å²) in [6.07, 6.45) is 2.48. The number of nitrogens with zero attached hydrogens (tertiary/aromatic N) is 2. The highest BCUT2D eigenvalue weighted by Gasteiger charge is 2.24. The van der Waals surface area contributed by atoms with E-state index in [1.165, 1.54) is 5.56 Å². The zero-order chi connectivity index (χ0) is 19.8. The van der Waals surface area contributed by atoms with Gasteiger partial charge in [-0.05, 0) is 36.2 Å². The van der Waals surface area contributed by atoms with Crippen LogP contribution in [0, 0.1) is 0 Å². The number of pyridine rings is 1. The van der Waals surface area contributed by atoms with E-state index >= 15 is 0 Å². The Morgan fingerprint density at radius 3 is 2.18 bits per heavy atom. The predicted octanol–water partition coefficient (Wildman–Crippen LogP) is 3.98. The van der Waals surface area contributed by atoms with Gasteiger partial charge in [0.25, 0.3) is 5.91 Å². The number of benzene rings is 2. The predicted molar refractivity (Wildman–Crippen MR) is 109 cm³/mol.